The van der Waals surface area contributed by atoms with Crippen molar-refractivity contribution in [1.82, 2.24) is 19.9 Å². The van der Waals surface area contributed by atoms with Crippen LogP contribution in [0.2, 0.25) is 0 Å². The van der Waals surface area contributed by atoms with E-state index in [-0.39, 0.29) is 19.5 Å². The summed E-state index contributed by atoms with van der Waals surface area (Å²) in [5, 5.41) is 0. The van der Waals surface area contributed by atoms with Gasteiger partial charge in [0.2, 0.25) is 0 Å². The standard InChI is InChI=1S/2C14H12N2O4.Ru/c2*1-19-13(17)9-3-5-15-11(7-9)12-8-10(4-6-16-12)14(18)20-2;/h2*3-8H,1-2H3;. The number of nitrogens with zero attached hydrogens (tertiary/aromatic N) is 4. The molecule has 0 atom stereocenters. The van der Waals surface area contributed by atoms with Crippen LogP contribution in [0, 0.1) is 0 Å². The number of aromatic nitrogens is 4. The smallest absolute Gasteiger partial charge is 0.337 e. The fraction of sp³-hybridized carbons (Fsp3) is 0.143. The Balaban J connectivity index is 0.000000280. The van der Waals surface area contributed by atoms with Crippen molar-refractivity contribution in [3.8, 4) is 22.8 Å². The van der Waals surface area contributed by atoms with Gasteiger partial charge in [-0.2, -0.15) is 0 Å². The number of ether oxygens (including phenoxy) is 4. The second-order valence-electron chi connectivity index (χ2n) is 7.69. The van der Waals surface area contributed by atoms with Gasteiger partial charge in [0.05, 0.1) is 73.5 Å². The molecule has 212 valence electrons. The molecule has 0 bridgehead atoms. The maximum atomic E-state index is 11.5. The molecule has 0 aliphatic rings. The molecule has 0 aliphatic heterocycles. The molecular formula is C28H24N4O8Ru. The molecule has 4 rings (SSSR count). The molecule has 0 spiro atoms. The molecule has 0 aliphatic carbocycles. The zero-order chi connectivity index (χ0) is 29.1. The van der Waals surface area contributed by atoms with Gasteiger partial charge >= 0.3 is 23.9 Å². The van der Waals surface area contributed by atoms with Crippen LogP contribution in [0.3, 0.4) is 0 Å². The topological polar surface area (TPSA) is 157 Å². The van der Waals surface area contributed by atoms with Crippen LogP contribution in [-0.4, -0.2) is 72.3 Å². The summed E-state index contributed by atoms with van der Waals surface area (Å²) in [4.78, 5) is 62.4. The first-order chi connectivity index (χ1) is 19.3. The van der Waals surface area contributed by atoms with Crippen LogP contribution in [0.25, 0.3) is 22.8 Å². The number of carbonyl (C=O) groups is 4. The van der Waals surface area contributed by atoms with Crippen molar-refractivity contribution in [2.75, 3.05) is 28.4 Å². The largest absolute Gasteiger partial charge is 0.465 e. The second-order valence-corrected chi connectivity index (χ2v) is 7.69. The minimum absolute atomic E-state index is 0. The molecular weight excluding hydrogens is 621 g/mol. The van der Waals surface area contributed by atoms with Gasteiger partial charge in [-0.05, 0) is 48.5 Å². The molecule has 0 amide bonds. The summed E-state index contributed by atoms with van der Waals surface area (Å²) in [7, 11) is 5.22. The molecule has 12 nitrogen and oxygen atoms in total. The summed E-state index contributed by atoms with van der Waals surface area (Å²) in [5.74, 6) is -1.84. The Morgan fingerprint density at radius 3 is 0.805 bits per heavy atom. The van der Waals surface area contributed by atoms with Crippen molar-refractivity contribution >= 4 is 23.9 Å². The van der Waals surface area contributed by atoms with E-state index in [9.17, 15) is 19.2 Å². The van der Waals surface area contributed by atoms with E-state index in [1.165, 1.54) is 53.2 Å². The zero-order valence-corrected chi connectivity index (χ0v) is 24.1. The second kappa shape index (κ2) is 15.6. The van der Waals surface area contributed by atoms with E-state index >= 15 is 0 Å². The van der Waals surface area contributed by atoms with Gasteiger partial charge in [0.25, 0.3) is 0 Å². The van der Waals surface area contributed by atoms with Gasteiger partial charge in [0.15, 0.2) is 0 Å². The summed E-state index contributed by atoms with van der Waals surface area (Å²) in [6.45, 7) is 0. The fourth-order valence-corrected chi connectivity index (χ4v) is 3.26. The number of hydrogen-bond acceptors (Lipinski definition) is 12. The maximum absolute atomic E-state index is 11.5. The first-order valence-electron chi connectivity index (χ1n) is 11.5. The van der Waals surface area contributed by atoms with Gasteiger partial charge in [-0.1, -0.05) is 0 Å². The Kier molecular flexibility index (Phi) is 12.3. The predicted molar refractivity (Wildman–Crippen MR) is 140 cm³/mol. The molecule has 0 saturated heterocycles. The van der Waals surface area contributed by atoms with Crippen LogP contribution < -0.4 is 0 Å². The number of hydrogen-bond donors (Lipinski definition) is 0. The van der Waals surface area contributed by atoms with E-state index < -0.39 is 23.9 Å². The van der Waals surface area contributed by atoms with Crippen molar-refractivity contribution in [2.45, 2.75) is 0 Å². The number of carbonyl (C=O) groups excluding carboxylic acids is 4. The van der Waals surface area contributed by atoms with Crippen LogP contribution >= 0.6 is 0 Å². The summed E-state index contributed by atoms with van der Waals surface area (Å²) in [6.07, 6.45) is 5.92. The number of pyridine rings is 4. The van der Waals surface area contributed by atoms with Gasteiger partial charge < -0.3 is 18.9 Å². The van der Waals surface area contributed by atoms with Gasteiger partial charge in [-0.25, -0.2) is 19.2 Å². The van der Waals surface area contributed by atoms with Gasteiger partial charge in [0.1, 0.15) is 0 Å². The molecule has 4 heterocycles. The van der Waals surface area contributed by atoms with Crippen molar-refractivity contribution < 1.29 is 57.6 Å². The molecule has 4 aromatic heterocycles. The van der Waals surface area contributed by atoms with E-state index in [0.717, 1.165) is 0 Å². The molecule has 0 saturated carbocycles. The van der Waals surface area contributed by atoms with Crippen LogP contribution in [0.4, 0.5) is 0 Å². The molecule has 0 aromatic carbocycles. The van der Waals surface area contributed by atoms with Gasteiger partial charge in [0, 0.05) is 44.3 Å². The number of methoxy groups -OCH3 is 4. The van der Waals surface area contributed by atoms with Crippen LogP contribution in [-0.2, 0) is 38.4 Å². The van der Waals surface area contributed by atoms with E-state index in [1.54, 1.807) is 48.5 Å². The first kappa shape index (κ1) is 32.3. The zero-order valence-electron chi connectivity index (χ0n) is 22.3. The molecule has 0 N–H and O–H groups in total. The van der Waals surface area contributed by atoms with E-state index in [0.29, 0.717) is 45.0 Å². The van der Waals surface area contributed by atoms with Crippen molar-refractivity contribution in [3.63, 3.8) is 0 Å². The Hall–Kier alpha value is -4.90. The van der Waals surface area contributed by atoms with Gasteiger partial charge in [-0.3, -0.25) is 19.9 Å². The average Bonchev–Trinajstić information content (AvgIpc) is 3.03. The molecule has 4 aromatic rings. The summed E-state index contributed by atoms with van der Waals surface area (Å²) in [5.41, 5.74) is 3.34. The van der Waals surface area contributed by atoms with Crippen molar-refractivity contribution in [2.24, 2.45) is 0 Å². The minimum Gasteiger partial charge on any atom is -0.465 e. The maximum Gasteiger partial charge on any atom is 0.337 e. The summed E-state index contributed by atoms with van der Waals surface area (Å²) >= 11 is 0. The molecule has 0 radical (unpaired) electrons. The predicted octanol–water partition coefficient (Wildman–Crippen LogP) is 3.43. The Bertz CT molecular complexity index is 1320. The quantitative estimate of drug-likeness (QED) is 0.171. The third-order valence-electron chi connectivity index (χ3n) is 5.25. The molecule has 0 unspecified atom stereocenters. The number of rotatable bonds is 6. The Labute approximate surface area is 247 Å². The minimum atomic E-state index is -0.460. The summed E-state index contributed by atoms with van der Waals surface area (Å²) in [6, 6.07) is 12.4. The van der Waals surface area contributed by atoms with Crippen molar-refractivity contribution in [1.29, 1.82) is 0 Å². The molecule has 13 heteroatoms. The average molecular weight is 646 g/mol. The van der Waals surface area contributed by atoms with E-state index in [2.05, 4.69) is 38.9 Å². The Morgan fingerprint density at radius 2 is 0.634 bits per heavy atom. The SMILES string of the molecule is COC(=O)c1ccnc(-c2cc(C(=O)OC)ccn2)c1.COC(=O)c1ccnc(-c2cc(C(=O)OC)ccn2)c1.[Ru]. The van der Waals surface area contributed by atoms with Gasteiger partial charge in [-0.15, -0.1) is 0 Å². The summed E-state index contributed by atoms with van der Waals surface area (Å²) < 4.78 is 18.6. The molecule has 0 fully saturated rings. The van der Waals surface area contributed by atoms with E-state index in [4.69, 9.17) is 0 Å². The Morgan fingerprint density at radius 1 is 0.439 bits per heavy atom. The van der Waals surface area contributed by atoms with Crippen LogP contribution in [0.5, 0.6) is 0 Å². The van der Waals surface area contributed by atoms with Crippen LogP contribution in [0.1, 0.15) is 41.4 Å². The number of esters is 4. The van der Waals surface area contributed by atoms with E-state index in [1.807, 2.05) is 0 Å². The molecule has 41 heavy (non-hydrogen) atoms. The fourth-order valence-electron chi connectivity index (χ4n) is 3.26. The monoisotopic (exact) mass is 646 g/mol. The third-order valence-corrected chi connectivity index (χ3v) is 5.25. The van der Waals surface area contributed by atoms with Crippen molar-refractivity contribution in [3.05, 3.63) is 95.6 Å². The third kappa shape index (κ3) is 8.54. The normalized spacial score (nSPS) is 9.66. The van der Waals surface area contributed by atoms with Crippen LogP contribution in [0.15, 0.2) is 73.3 Å². The first-order valence-corrected chi connectivity index (χ1v) is 11.5.